The summed E-state index contributed by atoms with van der Waals surface area (Å²) in [6.07, 6.45) is 12.8. The predicted molar refractivity (Wildman–Crippen MR) is 93.2 cm³/mol. The van der Waals surface area contributed by atoms with Gasteiger partial charge in [-0.1, -0.05) is 20.8 Å². The molecule has 1 aromatic rings. The van der Waals surface area contributed by atoms with Crippen LogP contribution in [0.4, 0.5) is 0 Å². The Bertz CT molecular complexity index is 459. The van der Waals surface area contributed by atoms with Gasteiger partial charge in [-0.15, -0.1) is 19.3 Å². The Kier molecular flexibility index (Phi) is 8.92. The molecule has 0 saturated heterocycles. The molecule has 0 atom stereocenters. The van der Waals surface area contributed by atoms with E-state index in [1.54, 1.807) is 0 Å². The van der Waals surface area contributed by atoms with Crippen LogP contribution in [0.2, 0.25) is 0 Å². The van der Waals surface area contributed by atoms with Crippen LogP contribution in [0.25, 0.3) is 0 Å². The van der Waals surface area contributed by atoms with Gasteiger partial charge in [-0.05, 0) is 18.9 Å². The van der Waals surface area contributed by atoms with Gasteiger partial charge in [0.25, 0.3) is 0 Å². The van der Waals surface area contributed by atoms with Crippen LogP contribution >= 0.6 is 0 Å². The first-order chi connectivity index (χ1) is 10.3. The molecule has 0 radical (unpaired) electrons. The molecule has 0 aliphatic heterocycles. The van der Waals surface area contributed by atoms with E-state index in [0.29, 0.717) is 5.92 Å². The molecule has 2 saturated carbocycles. The van der Waals surface area contributed by atoms with Crippen molar-refractivity contribution < 1.29 is 51.4 Å². The number of aromatic nitrogens is 2. The van der Waals surface area contributed by atoms with Gasteiger partial charge >= 0.3 is 51.4 Å². The number of hydrogen-bond donors (Lipinski definition) is 0. The first kappa shape index (κ1) is 21.8. The van der Waals surface area contributed by atoms with Crippen molar-refractivity contribution in [1.82, 2.24) is 9.97 Å². The van der Waals surface area contributed by atoms with E-state index in [2.05, 4.69) is 46.0 Å². The van der Waals surface area contributed by atoms with E-state index in [1.165, 1.54) is 19.3 Å². The Labute approximate surface area is 186 Å². The molecule has 2 aliphatic carbocycles. The van der Waals surface area contributed by atoms with Gasteiger partial charge in [-0.25, -0.2) is 9.97 Å². The summed E-state index contributed by atoms with van der Waals surface area (Å²) in [6, 6.07) is 2.03. The van der Waals surface area contributed by atoms with Crippen LogP contribution in [0.15, 0.2) is 12.3 Å². The van der Waals surface area contributed by atoms with Crippen LogP contribution < -0.4 is 51.4 Å². The summed E-state index contributed by atoms with van der Waals surface area (Å²) < 4.78 is 0. The van der Waals surface area contributed by atoms with Crippen LogP contribution in [-0.2, 0) is 5.41 Å². The molecular formula is C20H31KN2-2. The smallest absolute Gasteiger partial charge is 0.367 e. The van der Waals surface area contributed by atoms with Crippen LogP contribution in [0.3, 0.4) is 0 Å². The van der Waals surface area contributed by atoms with Crippen LogP contribution in [0.5, 0.6) is 0 Å². The molecule has 0 bridgehead atoms. The Morgan fingerprint density at radius 2 is 1.70 bits per heavy atom. The van der Waals surface area contributed by atoms with E-state index in [9.17, 15) is 0 Å². The summed E-state index contributed by atoms with van der Waals surface area (Å²) in [5.41, 5.74) is 1.24. The van der Waals surface area contributed by atoms with Gasteiger partial charge in [0.2, 0.25) is 0 Å². The molecule has 0 spiro atoms. The quantitative estimate of drug-likeness (QED) is 0.581. The van der Waals surface area contributed by atoms with Gasteiger partial charge in [-0.3, -0.25) is 5.41 Å². The maximum Gasteiger partial charge on any atom is 1.00 e. The summed E-state index contributed by atoms with van der Waals surface area (Å²) in [4.78, 5) is 9.24. The minimum atomic E-state index is 0. The van der Waals surface area contributed by atoms with E-state index in [1.807, 2.05) is 12.3 Å². The van der Waals surface area contributed by atoms with Gasteiger partial charge < -0.3 is 20.3 Å². The average molecular weight is 339 g/mol. The summed E-state index contributed by atoms with van der Waals surface area (Å²) in [7, 11) is 0. The number of hydrogen-bond acceptors (Lipinski definition) is 2. The third-order valence-electron chi connectivity index (χ3n) is 4.67. The zero-order chi connectivity index (χ0) is 16.2. The fourth-order valence-corrected chi connectivity index (χ4v) is 2.68. The predicted octanol–water partition coefficient (Wildman–Crippen LogP) is 2.46. The topological polar surface area (TPSA) is 25.8 Å². The molecule has 1 heterocycles. The van der Waals surface area contributed by atoms with Gasteiger partial charge in [0, 0.05) is 23.2 Å². The van der Waals surface area contributed by atoms with Crippen molar-refractivity contribution in [3.63, 3.8) is 0 Å². The maximum absolute atomic E-state index is 4.76. The molecule has 2 aliphatic rings. The normalized spacial score (nSPS) is 20.6. The maximum atomic E-state index is 4.76. The van der Waals surface area contributed by atoms with E-state index < -0.39 is 0 Å². The molecule has 0 N–H and O–H groups in total. The Morgan fingerprint density at radius 3 is 2.13 bits per heavy atom. The van der Waals surface area contributed by atoms with E-state index in [-0.39, 0.29) is 62.2 Å². The Morgan fingerprint density at radius 1 is 1.17 bits per heavy atom. The molecular weight excluding hydrogens is 307 g/mol. The average Bonchev–Trinajstić information content (AvgIpc) is 2.36. The second kappa shape index (κ2) is 9.42. The van der Waals surface area contributed by atoms with Crippen molar-refractivity contribution in [2.45, 2.75) is 77.0 Å². The first-order valence-corrected chi connectivity index (χ1v) is 8.64. The van der Waals surface area contributed by atoms with Gasteiger partial charge in [-0.2, -0.15) is 12.8 Å². The third-order valence-corrected chi connectivity index (χ3v) is 4.67. The molecule has 1 aromatic heterocycles. The molecule has 0 unspecified atom stereocenters. The molecule has 0 aromatic carbocycles. The first-order valence-electron chi connectivity index (χ1n) is 8.64. The van der Waals surface area contributed by atoms with E-state index in [4.69, 9.17) is 4.98 Å². The number of nitrogens with zero attached hydrogens (tertiary/aromatic N) is 2. The van der Waals surface area contributed by atoms with Crippen LogP contribution in [-0.4, -0.2) is 9.97 Å². The Hall–Kier alpha value is 0.716. The molecule has 3 heteroatoms. The summed E-state index contributed by atoms with van der Waals surface area (Å²) in [6.45, 7) is 14.9. The summed E-state index contributed by atoms with van der Waals surface area (Å²) in [5.74, 6) is 1.50. The van der Waals surface area contributed by atoms with Crippen molar-refractivity contribution in [3.05, 3.63) is 44.0 Å². The Balaban J connectivity index is 0.000000461. The SMILES string of the molecule is [CH-]1CCC1.[CH2-]C1([CH2-])CCC(c2nccc(C(C)(C)C)n2)CC1.[K+]. The second-order valence-corrected chi connectivity index (χ2v) is 8.04. The molecule has 0 amide bonds. The monoisotopic (exact) mass is 338 g/mol. The molecule has 2 fully saturated rings. The molecule has 3 rings (SSSR count). The van der Waals surface area contributed by atoms with Crippen LogP contribution in [0, 0.1) is 25.7 Å². The molecule has 23 heavy (non-hydrogen) atoms. The van der Waals surface area contributed by atoms with E-state index in [0.717, 1.165) is 37.2 Å². The number of rotatable bonds is 1. The zero-order valence-electron chi connectivity index (χ0n) is 15.6. The molecule has 124 valence electrons. The fraction of sp³-hybridized carbons (Fsp3) is 0.650. The minimum Gasteiger partial charge on any atom is -0.367 e. The fourth-order valence-electron chi connectivity index (χ4n) is 2.68. The molecule has 2 nitrogen and oxygen atoms in total. The zero-order valence-corrected chi connectivity index (χ0v) is 18.7. The summed E-state index contributed by atoms with van der Waals surface area (Å²) >= 11 is 0. The van der Waals surface area contributed by atoms with Crippen molar-refractivity contribution in [1.29, 1.82) is 0 Å². The third kappa shape index (κ3) is 7.23. The van der Waals surface area contributed by atoms with Crippen molar-refractivity contribution in [3.8, 4) is 0 Å². The van der Waals surface area contributed by atoms with Crippen molar-refractivity contribution in [2.24, 2.45) is 5.41 Å². The van der Waals surface area contributed by atoms with Gasteiger partial charge in [0.1, 0.15) is 5.82 Å². The van der Waals surface area contributed by atoms with Crippen molar-refractivity contribution >= 4 is 0 Å². The second-order valence-electron chi connectivity index (χ2n) is 8.04. The standard InChI is InChI=1S/C16H24N2.C4H7.K/c1-15(2,3)13-8-11-17-14(18-13)12-6-9-16(4,5)10-7-12;1-2-4-3-1;/h8,11-12H,4-7,9-10H2,1-3H3;1H,2-4H2;/q-2;-1;+1. The summed E-state index contributed by atoms with van der Waals surface area (Å²) in [5, 5.41) is 0. The van der Waals surface area contributed by atoms with Gasteiger partial charge in [0.15, 0.2) is 0 Å². The van der Waals surface area contributed by atoms with Crippen molar-refractivity contribution in [2.75, 3.05) is 0 Å². The van der Waals surface area contributed by atoms with E-state index >= 15 is 0 Å². The van der Waals surface area contributed by atoms with Gasteiger partial charge in [0.05, 0.1) is 0 Å². The largest absolute Gasteiger partial charge is 1.00 e. The minimum absolute atomic E-state index is 0. The van der Waals surface area contributed by atoms with Crippen LogP contribution in [0.1, 0.15) is 83.2 Å².